The third kappa shape index (κ3) is 14.5. The zero-order valence-corrected chi connectivity index (χ0v) is 39.8. The lowest BCUT2D eigenvalue weighted by molar-refractivity contribution is -0.132. The van der Waals surface area contributed by atoms with Crippen molar-refractivity contribution in [2.45, 2.75) is 69.2 Å². The Balaban J connectivity index is 0.000000248. The second kappa shape index (κ2) is 24.2. The first-order chi connectivity index (χ1) is 32.7. The number of allylic oxidation sites excluding steroid dienone is 8. The zero-order valence-electron chi connectivity index (χ0n) is 39.8. The molecule has 0 amide bonds. The number of Topliss-reactive ketones (excluding diaryl/α,β-unsaturated/α-hetero) is 6. The molecule has 0 bridgehead atoms. The third-order valence-electron chi connectivity index (χ3n) is 9.79. The van der Waals surface area contributed by atoms with Crippen molar-refractivity contribution in [2.24, 2.45) is 0 Å². The fourth-order valence-electron chi connectivity index (χ4n) is 6.44. The molecule has 4 aromatic carbocycles. The molecule has 4 aromatic rings. The van der Waals surface area contributed by atoms with Crippen LogP contribution in [0.4, 0.5) is 0 Å². The largest absolute Gasteiger partial charge is 0.508 e. The number of carbonyl (C=O) groups excluding carboxylic acids is 12. The molecule has 16 nitrogen and oxygen atoms in total. The number of ketones is 10. The number of rotatable bonds is 10. The van der Waals surface area contributed by atoms with E-state index in [1.54, 1.807) is 26.0 Å². The first-order valence-corrected chi connectivity index (χ1v) is 21.0. The average molecular weight is 953 g/mol. The molecule has 0 unspecified atom stereocenters. The van der Waals surface area contributed by atoms with Crippen molar-refractivity contribution in [3.05, 3.63) is 164 Å². The van der Waals surface area contributed by atoms with Crippen LogP contribution in [0.2, 0.25) is 0 Å². The summed E-state index contributed by atoms with van der Waals surface area (Å²) in [6.45, 7) is 14.4. The maximum atomic E-state index is 12.1. The second-order valence-electron chi connectivity index (χ2n) is 15.5. The summed E-state index contributed by atoms with van der Waals surface area (Å²) in [5.41, 5.74) is 2.50. The molecular weight excluding hydrogens is 905 g/mol. The van der Waals surface area contributed by atoms with Crippen molar-refractivity contribution in [2.75, 3.05) is 0 Å². The molecule has 2 aliphatic rings. The van der Waals surface area contributed by atoms with Crippen molar-refractivity contribution in [1.82, 2.24) is 0 Å². The van der Waals surface area contributed by atoms with E-state index in [1.807, 2.05) is 0 Å². The van der Waals surface area contributed by atoms with Gasteiger partial charge in [0.1, 0.15) is 23.0 Å². The van der Waals surface area contributed by atoms with Gasteiger partial charge in [-0.05, 0) is 140 Å². The molecule has 0 heterocycles. The Morgan fingerprint density at radius 2 is 0.829 bits per heavy atom. The van der Waals surface area contributed by atoms with E-state index < -0.39 is 11.9 Å². The average Bonchev–Trinajstić information content (AvgIpc) is 3.27. The Hall–Kier alpha value is -8.92. The van der Waals surface area contributed by atoms with Gasteiger partial charge in [0.05, 0.1) is 11.1 Å². The van der Waals surface area contributed by atoms with Gasteiger partial charge in [0.2, 0.25) is 0 Å². The summed E-state index contributed by atoms with van der Waals surface area (Å²) < 4.78 is 9.89. The number of ether oxygens (including phenoxy) is 2. The Labute approximate surface area is 402 Å². The van der Waals surface area contributed by atoms with E-state index in [2.05, 4.69) is 0 Å². The van der Waals surface area contributed by atoms with Gasteiger partial charge < -0.3 is 19.7 Å². The van der Waals surface area contributed by atoms with Crippen LogP contribution >= 0.6 is 0 Å². The Kier molecular flexibility index (Phi) is 19.2. The van der Waals surface area contributed by atoms with E-state index in [0.29, 0.717) is 22.3 Å². The highest BCUT2D eigenvalue weighted by atomic mass is 16.5. The minimum absolute atomic E-state index is 0.0139. The van der Waals surface area contributed by atoms with Crippen LogP contribution in [0, 0.1) is 0 Å². The van der Waals surface area contributed by atoms with Gasteiger partial charge in [0.15, 0.2) is 57.8 Å². The first-order valence-electron chi connectivity index (χ1n) is 21.0. The number of phenols is 2. The smallest absolute Gasteiger partial charge is 0.308 e. The maximum Gasteiger partial charge on any atom is 0.308 e. The van der Waals surface area contributed by atoms with E-state index in [9.17, 15) is 67.7 Å². The molecule has 2 N–H and O–H groups in total. The van der Waals surface area contributed by atoms with Crippen molar-refractivity contribution < 1.29 is 77.2 Å². The first kappa shape index (κ1) is 55.4. The number of carbonyl (C=O) groups is 12. The summed E-state index contributed by atoms with van der Waals surface area (Å²) in [7, 11) is 0. The molecule has 0 aromatic heterocycles. The predicted molar refractivity (Wildman–Crippen MR) is 255 cm³/mol. The van der Waals surface area contributed by atoms with Crippen LogP contribution in [0.3, 0.4) is 0 Å². The van der Waals surface area contributed by atoms with Gasteiger partial charge in [0, 0.05) is 69.5 Å². The summed E-state index contributed by atoms with van der Waals surface area (Å²) in [6, 6.07) is 13.8. The zero-order chi connectivity index (χ0) is 52.9. The van der Waals surface area contributed by atoms with E-state index >= 15 is 0 Å². The molecule has 70 heavy (non-hydrogen) atoms. The Morgan fingerprint density at radius 1 is 0.457 bits per heavy atom. The van der Waals surface area contributed by atoms with Crippen molar-refractivity contribution >= 4 is 69.8 Å². The summed E-state index contributed by atoms with van der Waals surface area (Å²) in [4.78, 5) is 138. The SMILES string of the molecule is C/C=C/C(=O)c1cc(O)cc(C(C)=O)c1.C/C=C/C(=O)c1cc(OC(C)=O)cc(C(C)=O)c1.CC(=O)Oc1cc(C(C)=O)cc2c1C(=O)C(C)=CC2=O.CC(=O)c1cc(O)c2c(c1)C(=O)C=C(C)C2=O. The van der Waals surface area contributed by atoms with Gasteiger partial charge >= 0.3 is 11.9 Å². The molecule has 0 fully saturated rings. The molecule has 0 saturated carbocycles. The molecule has 16 heteroatoms. The number of phenolic OH excluding ortho intramolecular Hbond substituents is 2. The number of hydrogen-bond acceptors (Lipinski definition) is 16. The van der Waals surface area contributed by atoms with Gasteiger partial charge in [-0.1, -0.05) is 12.2 Å². The van der Waals surface area contributed by atoms with Crippen LogP contribution in [0.15, 0.2) is 108 Å². The highest BCUT2D eigenvalue weighted by Gasteiger charge is 2.30. The van der Waals surface area contributed by atoms with Crippen LogP contribution in [0.25, 0.3) is 0 Å². The molecular formula is C54H48O16. The third-order valence-corrected chi connectivity index (χ3v) is 9.79. The summed E-state index contributed by atoms with van der Waals surface area (Å²) in [6.07, 6.45) is 8.42. The fourth-order valence-corrected chi connectivity index (χ4v) is 6.44. The van der Waals surface area contributed by atoms with Gasteiger partial charge in [-0.3, -0.25) is 57.5 Å². The van der Waals surface area contributed by atoms with Crippen LogP contribution in [-0.4, -0.2) is 80.0 Å². The summed E-state index contributed by atoms with van der Waals surface area (Å²) in [5.74, 6) is -4.28. The number of fused-ring (bicyclic) bond motifs is 2. The normalized spacial score (nSPS) is 12.3. The van der Waals surface area contributed by atoms with Crippen LogP contribution in [0.1, 0.15) is 173 Å². The van der Waals surface area contributed by atoms with E-state index in [1.165, 1.54) is 140 Å². The summed E-state index contributed by atoms with van der Waals surface area (Å²) in [5, 5.41) is 19.1. The highest BCUT2D eigenvalue weighted by Crippen LogP contribution is 2.33. The van der Waals surface area contributed by atoms with Crippen molar-refractivity contribution in [1.29, 1.82) is 0 Å². The van der Waals surface area contributed by atoms with Gasteiger partial charge in [0.25, 0.3) is 0 Å². The lowest BCUT2D eigenvalue weighted by atomic mass is 9.87. The van der Waals surface area contributed by atoms with Gasteiger partial charge in [-0.25, -0.2) is 0 Å². The number of aromatic hydroxyl groups is 2. The van der Waals surface area contributed by atoms with Gasteiger partial charge in [-0.15, -0.1) is 0 Å². The minimum Gasteiger partial charge on any atom is -0.508 e. The van der Waals surface area contributed by atoms with Crippen LogP contribution in [-0.2, 0) is 9.59 Å². The number of esters is 2. The topological polar surface area (TPSA) is 264 Å². The minimum atomic E-state index is -0.625. The monoisotopic (exact) mass is 952 g/mol. The fraction of sp³-hybridized carbons (Fsp3) is 0.185. The lowest BCUT2D eigenvalue weighted by Gasteiger charge is -2.17. The predicted octanol–water partition coefficient (Wildman–Crippen LogP) is 8.99. The number of hydrogen-bond donors (Lipinski definition) is 2. The Morgan fingerprint density at radius 3 is 1.27 bits per heavy atom. The van der Waals surface area contributed by atoms with Crippen molar-refractivity contribution in [3.8, 4) is 23.0 Å². The van der Waals surface area contributed by atoms with Gasteiger partial charge in [-0.2, -0.15) is 0 Å². The summed E-state index contributed by atoms with van der Waals surface area (Å²) >= 11 is 0. The lowest BCUT2D eigenvalue weighted by Crippen LogP contribution is -2.19. The van der Waals surface area contributed by atoms with Crippen LogP contribution < -0.4 is 9.47 Å². The standard InChI is InChI=1S/C15H12O5.C14H14O4.C13H10O4.C12H12O3/c1-7-4-12(18)11-5-10(8(2)16)6-13(20-9(3)17)14(11)15(7)19;1-4-5-14(17)12-6-11(9(2)15)7-13(8-12)18-10(3)16;1-6-3-10(15)9-4-8(7(2)14)5-11(16)12(9)13(6)17;1-3-4-12(15)10-5-9(8(2)13)6-11(14)7-10/h4-6H,1-3H3;4-8H,1-3H3;3-5,16H,1-2H3;3-7,14H,1-2H3/b;5-4+;;4-3+. The molecule has 0 saturated heterocycles. The Bertz CT molecular complexity index is 3060. The molecule has 2 aliphatic carbocycles. The molecule has 0 spiro atoms. The molecule has 360 valence electrons. The van der Waals surface area contributed by atoms with Crippen molar-refractivity contribution in [3.63, 3.8) is 0 Å². The molecule has 0 atom stereocenters. The highest BCUT2D eigenvalue weighted by molar-refractivity contribution is 6.27. The molecule has 0 radical (unpaired) electrons. The second-order valence-corrected chi connectivity index (χ2v) is 15.5. The molecule has 6 rings (SSSR count). The van der Waals surface area contributed by atoms with Crippen LogP contribution in [0.5, 0.6) is 23.0 Å². The van der Waals surface area contributed by atoms with E-state index in [4.69, 9.17) is 9.47 Å². The number of benzene rings is 4. The maximum absolute atomic E-state index is 12.1. The van der Waals surface area contributed by atoms with E-state index in [0.717, 1.165) is 0 Å². The van der Waals surface area contributed by atoms with E-state index in [-0.39, 0.29) is 125 Å². The molecule has 0 aliphatic heterocycles. The quantitative estimate of drug-likeness (QED) is 0.0650.